The van der Waals surface area contributed by atoms with E-state index in [9.17, 15) is 0 Å². The summed E-state index contributed by atoms with van der Waals surface area (Å²) in [5.74, 6) is 1.04. The van der Waals surface area contributed by atoms with E-state index in [4.69, 9.17) is 5.73 Å². The van der Waals surface area contributed by atoms with E-state index < -0.39 is 0 Å². The molecule has 12 heavy (non-hydrogen) atoms. The van der Waals surface area contributed by atoms with Crippen LogP contribution in [0.1, 0.15) is 39.0 Å². The van der Waals surface area contributed by atoms with E-state index in [1.165, 1.54) is 45.2 Å². The molecule has 0 bridgehead atoms. The van der Waals surface area contributed by atoms with Crippen molar-refractivity contribution in [1.29, 1.82) is 0 Å². The van der Waals surface area contributed by atoms with Gasteiger partial charge < -0.3 is 5.73 Å². The summed E-state index contributed by atoms with van der Waals surface area (Å²) in [7, 11) is 0. The molecule has 0 atom stereocenters. The number of rotatable bonds is 7. The van der Waals surface area contributed by atoms with Crippen molar-refractivity contribution in [3.63, 3.8) is 0 Å². The molecule has 0 radical (unpaired) electrons. The third-order valence-electron chi connectivity index (χ3n) is 2.64. The molecule has 0 unspecified atom stereocenters. The van der Waals surface area contributed by atoms with Crippen molar-refractivity contribution in [2.24, 2.45) is 11.7 Å². The molecule has 0 aromatic rings. The molecule has 0 aliphatic heterocycles. The highest BCUT2D eigenvalue weighted by molar-refractivity contribution is 4.74. The van der Waals surface area contributed by atoms with Gasteiger partial charge in [0.1, 0.15) is 0 Å². The Bertz CT molecular complexity index is 110. The highest BCUT2D eigenvalue weighted by Crippen LogP contribution is 2.32. The first kappa shape index (κ1) is 10.0. The average Bonchev–Trinajstić information content (AvgIpc) is 2.89. The van der Waals surface area contributed by atoms with Crippen molar-refractivity contribution in [3.05, 3.63) is 0 Å². The highest BCUT2D eigenvalue weighted by Gasteiger charge is 2.21. The van der Waals surface area contributed by atoms with E-state index in [2.05, 4.69) is 11.8 Å². The predicted molar refractivity (Wildman–Crippen MR) is 52.9 cm³/mol. The summed E-state index contributed by atoms with van der Waals surface area (Å²) in [4.78, 5) is 2.38. The Morgan fingerprint density at radius 3 is 2.58 bits per heavy atom. The second-order valence-electron chi connectivity index (χ2n) is 3.89. The molecule has 0 saturated heterocycles. The minimum Gasteiger partial charge on any atom is -0.318 e. The Morgan fingerprint density at radius 1 is 1.33 bits per heavy atom. The first-order chi connectivity index (χ1) is 5.86. The van der Waals surface area contributed by atoms with Crippen LogP contribution in [0.2, 0.25) is 0 Å². The van der Waals surface area contributed by atoms with Gasteiger partial charge in [-0.15, -0.1) is 0 Å². The molecule has 2 nitrogen and oxygen atoms in total. The standard InChI is InChI=1S/C10H22N2/c1-2-3-7-12(9-11)8-6-10-4-5-10/h10H,2-9,11H2,1H3. The zero-order valence-electron chi connectivity index (χ0n) is 8.26. The van der Waals surface area contributed by atoms with Crippen molar-refractivity contribution in [3.8, 4) is 0 Å². The minimum atomic E-state index is 0.743. The molecule has 2 N–H and O–H groups in total. The van der Waals surface area contributed by atoms with Crippen LogP contribution in [0.3, 0.4) is 0 Å². The van der Waals surface area contributed by atoms with Gasteiger partial charge in [-0.1, -0.05) is 26.2 Å². The van der Waals surface area contributed by atoms with Crippen LogP contribution in [0.25, 0.3) is 0 Å². The zero-order valence-corrected chi connectivity index (χ0v) is 8.26. The second-order valence-corrected chi connectivity index (χ2v) is 3.89. The van der Waals surface area contributed by atoms with Gasteiger partial charge in [0.25, 0.3) is 0 Å². The van der Waals surface area contributed by atoms with Crippen LogP contribution in [0.15, 0.2) is 0 Å². The van der Waals surface area contributed by atoms with Crippen LogP contribution in [0.5, 0.6) is 0 Å². The number of hydrogen-bond acceptors (Lipinski definition) is 2. The third-order valence-corrected chi connectivity index (χ3v) is 2.64. The summed E-state index contributed by atoms with van der Waals surface area (Å²) >= 11 is 0. The largest absolute Gasteiger partial charge is 0.318 e. The molecule has 0 spiro atoms. The first-order valence-electron chi connectivity index (χ1n) is 5.29. The molecule has 0 amide bonds. The van der Waals surface area contributed by atoms with Crippen LogP contribution in [-0.2, 0) is 0 Å². The summed E-state index contributed by atoms with van der Waals surface area (Å²) in [5, 5.41) is 0. The van der Waals surface area contributed by atoms with Gasteiger partial charge >= 0.3 is 0 Å². The Labute approximate surface area is 76.1 Å². The summed E-state index contributed by atoms with van der Waals surface area (Å²) < 4.78 is 0. The summed E-state index contributed by atoms with van der Waals surface area (Å²) in [5.41, 5.74) is 5.65. The molecule has 1 rings (SSSR count). The maximum atomic E-state index is 5.65. The molecule has 0 heterocycles. The molecule has 0 aromatic carbocycles. The number of nitrogens with zero attached hydrogens (tertiary/aromatic N) is 1. The summed E-state index contributed by atoms with van der Waals surface area (Å²) in [6.07, 6.45) is 6.88. The topological polar surface area (TPSA) is 29.3 Å². The first-order valence-corrected chi connectivity index (χ1v) is 5.29. The van der Waals surface area contributed by atoms with Gasteiger partial charge in [0, 0.05) is 6.67 Å². The van der Waals surface area contributed by atoms with Crippen molar-refractivity contribution >= 4 is 0 Å². The molecule has 0 aromatic heterocycles. The molecular weight excluding hydrogens is 148 g/mol. The Hall–Kier alpha value is -0.0800. The molecule has 1 fully saturated rings. The average molecular weight is 170 g/mol. The fourth-order valence-corrected chi connectivity index (χ4v) is 1.45. The minimum absolute atomic E-state index is 0.743. The lowest BCUT2D eigenvalue weighted by molar-refractivity contribution is 0.268. The maximum absolute atomic E-state index is 5.65. The van der Waals surface area contributed by atoms with Crippen molar-refractivity contribution in [2.75, 3.05) is 19.8 Å². The number of unbranched alkanes of at least 4 members (excludes halogenated alkanes) is 1. The third kappa shape index (κ3) is 4.07. The van der Waals surface area contributed by atoms with Crippen molar-refractivity contribution in [2.45, 2.75) is 39.0 Å². The SMILES string of the molecule is CCCCN(CN)CCC1CC1. The normalized spacial score (nSPS) is 17.2. The summed E-state index contributed by atoms with van der Waals surface area (Å²) in [6, 6.07) is 0. The Balaban J connectivity index is 1.98. The molecular formula is C10H22N2. The van der Waals surface area contributed by atoms with Gasteiger partial charge in [-0.2, -0.15) is 0 Å². The lowest BCUT2D eigenvalue weighted by atomic mass is 10.2. The van der Waals surface area contributed by atoms with Crippen molar-refractivity contribution in [1.82, 2.24) is 4.90 Å². The molecule has 1 saturated carbocycles. The van der Waals surface area contributed by atoms with Crippen LogP contribution < -0.4 is 5.73 Å². The van der Waals surface area contributed by atoms with Gasteiger partial charge in [0.15, 0.2) is 0 Å². The van der Waals surface area contributed by atoms with E-state index >= 15 is 0 Å². The fraction of sp³-hybridized carbons (Fsp3) is 1.00. The molecule has 2 heteroatoms. The quantitative estimate of drug-likeness (QED) is 0.590. The summed E-state index contributed by atoms with van der Waals surface area (Å²) in [6.45, 7) is 5.39. The zero-order chi connectivity index (χ0) is 8.81. The van der Waals surface area contributed by atoms with Gasteiger partial charge in [0.2, 0.25) is 0 Å². The van der Waals surface area contributed by atoms with E-state index in [1.807, 2.05) is 0 Å². The Kier molecular flexibility index (Phi) is 4.62. The maximum Gasteiger partial charge on any atom is 0.0455 e. The van der Waals surface area contributed by atoms with Gasteiger partial charge in [0.05, 0.1) is 0 Å². The van der Waals surface area contributed by atoms with Crippen molar-refractivity contribution < 1.29 is 0 Å². The van der Waals surface area contributed by atoms with E-state index in [0.717, 1.165) is 12.6 Å². The lowest BCUT2D eigenvalue weighted by Gasteiger charge is -2.19. The van der Waals surface area contributed by atoms with Crippen LogP contribution in [-0.4, -0.2) is 24.7 Å². The van der Waals surface area contributed by atoms with Crippen LogP contribution >= 0.6 is 0 Å². The van der Waals surface area contributed by atoms with Crippen LogP contribution in [0.4, 0.5) is 0 Å². The Morgan fingerprint density at radius 2 is 2.08 bits per heavy atom. The van der Waals surface area contributed by atoms with E-state index in [1.54, 1.807) is 0 Å². The predicted octanol–water partition coefficient (Wildman–Crippen LogP) is 1.80. The highest BCUT2D eigenvalue weighted by atomic mass is 15.2. The fourth-order valence-electron chi connectivity index (χ4n) is 1.45. The van der Waals surface area contributed by atoms with E-state index in [-0.39, 0.29) is 0 Å². The van der Waals surface area contributed by atoms with Crippen LogP contribution in [0, 0.1) is 5.92 Å². The smallest absolute Gasteiger partial charge is 0.0455 e. The molecule has 1 aliphatic rings. The monoisotopic (exact) mass is 170 g/mol. The van der Waals surface area contributed by atoms with Gasteiger partial charge in [-0.25, -0.2) is 0 Å². The number of nitrogens with two attached hydrogens (primary N) is 1. The molecule has 1 aliphatic carbocycles. The lowest BCUT2D eigenvalue weighted by Crippen LogP contribution is -2.32. The van der Waals surface area contributed by atoms with Gasteiger partial charge in [-0.05, 0) is 31.8 Å². The van der Waals surface area contributed by atoms with E-state index in [0.29, 0.717) is 0 Å². The number of hydrogen-bond donors (Lipinski definition) is 1. The molecule has 72 valence electrons. The second kappa shape index (κ2) is 5.55. The van der Waals surface area contributed by atoms with Gasteiger partial charge in [-0.3, -0.25) is 4.90 Å².